The van der Waals surface area contributed by atoms with Gasteiger partial charge in [-0.05, 0) is 41.3 Å². The van der Waals surface area contributed by atoms with Crippen LogP contribution in [0.2, 0.25) is 0 Å². The molecule has 3 aromatic rings. The molecule has 25 heavy (non-hydrogen) atoms. The summed E-state index contributed by atoms with van der Waals surface area (Å²) in [5.74, 6) is 0.965. The van der Waals surface area contributed by atoms with Gasteiger partial charge in [0.1, 0.15) is 11.5 Å². The number of benzene rings is 1. The first-order valence-electron chi connectivity index (χ1n) is 7.68. The van der Waals surface area contributed by atoms with Crippen LogP contribution < -0.4 is 14.8 Å². The smallest absolute Gasteiger partial charge is 0.251 e. The van der Waals surface area contributed by atoms with E-state index in [2.05, 4.69) is 10.3 Å². The fraction of sp³-hybridized carbons (Fsp3) is 0.158. The second-order valence-electron chi connectivity index (χ2n) is 5.35. The van der Waals surface area contributed by atoms with E-state index >= 15 is 0 Å². The van der Waals surface area contributed by atoms with E-state index in [4.69, 9.17) is 9.47 Å². The molecule has 0 fully saturated rings. The summed E-state index contributed by atoms with van der Waals surface area (Å²) in [7, 11) is 3.11. The molecule has 0 saturated carbocycles. The molecule has 6 heteroatoms. The molecule has 2 aromatic heterocycles. The second-order valence-corrected chi connectivity index (χ2v) is 6.13. The number of carbonyl (C=O) groups excluding carboxylic acids is 1. The average Bonchev–Trinajstić information content (AvgIpc) is 3.20. The standard InChI is InChI=1S/C19H18N2O3S/c1-23-16-8-15(9-17(10-16)24-2)19(22)21-11-13-3-5-20-18(7-13)14-4-6-25-12-14/h3-10,12H,11H2,1-2H3,(H,21,22). The maximum Gasteiger partial charge on any atom is 0.251 e. The predicted molar refractivity (Wildman–Crippen MR) is 98.3 cm³/mol. The molecule has 1 aromatic carbocycles. The normalized spacial score (nSPS) is 10.3. The van der Waals surface area contributed by atoms with Crippen LogP contribution in [-0.2, 0) is 6.54 Å². The Hall–Kier alpha value is -2.86. The van der Waals surface area contributed by atoms with Crippen LogP contribution in [0.4, 0.5) is 0 Å². The van der Waals surface area contributed by atoms with Crippen LogP contribution in [0.15, 0.2) is 53.4 Å². The Morgan fingerprint density at radius 1 is 1.12 bits per heavy atom. The molecule has 0 bridgehead atoms. The van der Waals surface area contributed by atoms with Gasteiger partial charge in [-0.25, -0.2) is 0 Å². The fourth-order valence-corrected chi connectivity index (χ4v) is 3.02. The number of thiophene rings is 1. The van der Waals surface area contributed by atoms with E-state index in [-0.39, 0.29) is 5.91 Å². The molecule has 1 N–H and O–H groups in total. The van der Waals surface area contributed by atoms with Gasteiger partial charge in [0, 0.05) is 35.3 Å². The maximum absolute atomic E-state index is 12.4. The van der Waals surface area contributed by atoms with E-state index in [1.807, 2.05) is 29.0 Å². The Bertz CT molecular complexity index is 841. The molecule has 3 rings (SSSR count). The third kappa shape index (κ3) is 4.16. The van der Waals surface area contributed by atoms with Gasteiger partial charge in [-0.2, -0.15) is 11.3 Å². The summed E-state index contributed by atoms with van der Waals surface area (Å²) >= 11 is 1.63. The first-order valence-corrected chi connectivity index (χ1v) is 8.62. The molecular weight excluding hydrogens is 336 g/mol. The largest absolute Gasteiger partial charge is 0.497 e. The van der Waals surface area contributed by atoms with E-state index in [0.717, 1.165) is 16.8 Å². The van der Waals surface area contributed by atoms with E-state index in [1.54, 1.807) is 50.0 Å². The van der Waals surface area contributed by atoms with Crippen LogP contribution in [0.3, 0.4) is 0 Å². The Balaban J connectivity index is 1.71. The Morgan fingerprint density at radius 2 is 1.88 bits per heavy atom. The van der Waals surface area contributed by atoms with Crippen molar-refractivity contribution in [3.8, 4) is 22.8 Å². The highest BCUT2D eigenvalue weighted by atomic mass is 32.1. The second kappa shape index (κ2) is 7.81. The molecule has 0 aliphatic heterocycles. The minimum atomic E-state index is -0.189. The molecular formula is C19H18N2O3S. The first-order chi connectivity index (χ1) is 12.2. The number of hydrogen-bond acceptors (Lipinski definition) is 5. The SMILES string of the molecule is COc1cc(OC)cc(C(=O)NCc2ccnc(-c3ccsc3)c2)c1. The number of pyridine rings is 1. The number of carbonyl (C=O) groups is 1. The number of rotatable bonds is 6. The molecule has 0 saturated heterocycles. The molecule has 2 heterocycles. The molecule has 1 amide bonds. The fourth-order valence-electron chi connectivity index (χ4n) is 2.38. The summed E-state index contributed by atoms with van der Waals surface area (Å²) in [6.07, 6.45) is 1.75. The van der Waals surface area contributed by atoms with E-state index < -0.39 is 0 Å². The van der Waals surface area contributed by atoms with Gasteiger partial charge in [-0.15, -0.1) is 0 Å². The van der Waals surface area contributed by atoms with E-state index in [1.165, 1.54) is 0 Å². The number of methoxy groups -OCH3 is 2. The minimum Gasteiger partial charge on any atom is -0.497 e. The molecule has 0 radical (unpaired) electrons. The van der Waals surface area contributed by atoms with Crippen molar-refractivity contribution in [1.82, 2.24) is 10.3 Å². The van der Waals surface area contributed by atoms with Gasteiger partial charge >= 0.3 is 0 Å². The van der Waals surface area contributed by atoms with Crippen LogP contribution in [0.25, 0.3) is 11.3 Å². The van der Waals surface area contributed by atoms with Crippen molar-refractivity contribution in [2.24, 2.45) is 0 Å². The van der Waals surface area contributed by atoms with Crippen LogP contribution in [0, 0.1) is 0 Å². The van der Waals surface area contributed by atoms with Gasteiger partial charge in [0.2, 0.25) is 0 Å². The van der Waals surface area contributed by atoms with Gasteiger partial charge < -0.3 is 14.8 Å². The average molecular weight is 354 g/mol. The lowest BCUT2D eigenvalue weighted by Crippen LogP contribution is -2.22. The summed E-state index contributed by atoms with van der Waals surface area (Å²) in [5.41, 5.74) is 3.45. The minimum absolute atomic E-state index is 0.189. The van der Waals surface area contributed by atoms with Crippen LogP contribution in [0.5, 0.6) is 11.5 Å². The topological polar surface area (TPSA) is 60.5 Å². The van der Waals surface area contributed by atoms with Crippen LogP contribution in [0.1, 0.15) is 15.9 Å². The van der Waals surface area contributed by atoms with Gasteiger partial charge in [-0.1, -0.05) is 0 Å². The zero-order chi connectivity index (χ0) is 17.6. The zero-order valence-corrected chi connectivity index (χ0v) is 14.8. The van der Waals surface area contributed by atoms with Crippen LogP contribution in [-0.4, -0.2) is 25.1 Å². The molecule has 5 nitrogen and oxygen atoms in total. The summed E-state index contributed by atoms with van der Waals surface area (Å²) in [5, 5.41) is 6.98. The van der Waals surface area contributed by atoms with Crippen molar-refractivity contribution >= 4 is 17.2 Å². The lowest BCUT2D eigenvalue weighted by atomic mass is 10.1. The molecule has 0 unspecified atom stereocenters. The predicted octanol–water partition coefficient (Wildman–Crippen LogP) is 3.76. The van der Waals surface area contributed by atoms with Gasteiger partial charge in [0.25, 0.3) is 5.91 Å². The summed E-state index contributed by atoms with van der Waals surface area (Å²) < 4.78 is 10.4. The third-order valence-electron chi connectivity index (χ3n) is 3.71. The zero-order valence-electron chi connectivity index (χ0n) is 14.0. The summed E-state index contributed by atoms with van der Waals surface area (Å²) in [4.78, 5) is 16.8. The third-order valence-corrected chi connectivity index (χ3v) is 4.39. The monoisotopic (exact) mass is 354 g/mol. The highest BCUT2D eigenvalue weighted by Gasteiger charge is 2.10. The van der Waals surface area contributed by atoms with Crippen molar-refractivity contribution < 1.29 is 14.3 Å². The van der Waals surface area contributed by atoms with Gasteiger partial charge in [0.15, 0.2) is 0 Å². The van der Waals surface area contributed by atoms with Crippen LogP contribution >= 0.6 is 11.3 Å². The van der Waals surface area contributed by atoms with Crippen molar-refractivity contribution in [1.29, 1.82) is 0 Å². The Kier molecular flexibility index (Phi) is 5.30. The lowest BCUT2D eigenvalue weighted by molar-refractivity contribution is 0.0950. The maximum atomic E-state index is 12.4. The highest BCUT2D eigenvalue weighted by Crippen LogP contribution is 2.23. The molecule has 0 aliphatic carbocycles. The van der Waals surface area contributed by atoms with E-state index in [9.17, 15) is 4.79 Å². The van der Waals surface area contributed by atoms with Gasteiger partial charge in [0.05, 0.1) is 19.9 Å². The molecule has 128 valence electrons. The number of nitrogens with zero attached hydrogens (tertiary/aromatic N) is 1. The Morgan fingerprint density at radius 3 is 2.52 bits per heavy atom. The Labute approximate surface area is 150 Å². The number of aromatic nitrogens is 1. The lowest BCUT2D eigenvalue weighted by Gasteiger charge is -2.10. The van der Waals surface area contributed by atoms with E-state index in [0.29, 0.717) is 23.6 Å². The quantitative estimate of drug-likeness (QED) is 0.732. The first kappa shape index (κ1) is 17.0. The molecule has 0 aliphatic rings. The number of amides is 1. The van der Waals surface area contributed by atoms with Crippen molar-refractivity contribution in [2.75, 3.05) is 14.2 Å². The molecule has 0 spiro atoms. The van der Waals surface area contributed by atoms with Gasteiger partial charge in [-0.3, -0.25) is 9.78 Å². The summed E-state index contributed by atoms with van der Waals surface area (Å²) in [6, 6.07) is 11.0. The van der Waals surface area contributed by atoms with Crippen molar-refractivity contribution in [2.45, 2.75) is 6.54 Å². The van der Waals surface area contributed by atoms with Crippen molar-refractivity contribution in [3.05, 3.63) is 64.5 Å². The summed E-state index contributed by atoms with van der Waals surface area (Å²) in [6.45, 7) is 0.415. The highest BCUT2D eigenvalue weighted by molar-refractivity contribution is 7.08. The number of ether oxygens (including phenoxy) is 2. The van der Waals surface area contributed by atoms with Crippen molar-refractivity contribution in [3.63, 3.8) is 0 Å². The molecule has 0 atom stereocenters. The number of hydrogen-bond donors (Lipinski definition) is 1. The number of nitrogens with one attached hydrogen (secondary N) is 1.